The van der Waals surface area contributed by atoms with Crippen molar-refractivity contribution in [3.05, 3.63) is 64.8 Å². The summed E-state index contributed by atoms with van der Waals surface area (Å²) in [6.45, 7) is 2.64. The zero-order valence-corrected chi connectivity index (χ0v) is 15.0. The van der Waals surface area contributed by atoms with Gasteiger partial charge >= 0.3 is 5.69 Å². The summed E-state index contributed by atoms with van der Waals surface area (Å²) in [5.41, 5.74) is 0.808. The molecule has 0 spiro atoms. The van der Waals surface area contributed by atoms with Crippen molar-refractivity contribution in [3.63, 3.8) is 0 Å². The van der Waals surface area contributed by atoms with Crippen LogP contribution in [0.25, 0.3) is 0 Å². The van der Waals surface area contributed by atoms with Gasteiger partial charge < -0.3 is 5.32 Å². The summed E-state index contributed by atoms with van der Waals surface area (Å²) in [5.74, 6) is -0.171. The van der Waals surface area contributed by atoms with Gasteiger partial charge in [0.1, 0.15) is 6.54 Å². The average molecular weight is 354 g/mol. The number of nitrogens with one attached hydrogen (secondary N) is 1. The molecule has 1 amide bonds. The van der Waals surface area contributed by atoms with Crippen molar-refractivity contribution >= 4 is 5.91 Å². The topological polar surface area (TPSA) is 67.2 Å². The van der Waals surface area contributed by atoms with Gasteiger partial charge in [0, 0.05) is 18.9 Å². The molecular formula is C20H26N4O2. The molecule has 1 N–H and O–H groups in total. The molecule has 1 aromatic carbocycles. The lowest BCUT2D eigenvalue weighted by atomic mass is 10.0. The van der Waals surface area contributed by atoms with E-state index >= 15 is 0 Å². The number of hydrogen-bond donors (Lipinski definition) is 1. The molecule has 1 unspecified atom stereocenters. The van der Waals surface area contributed by atoms with Gasteiger partial charge in [0.05, 0.1) is 6.04 Å². The van der Waals surface area contributed by atoms with Crippen LogP contribution < -0.4 is 11.0 Å². The number of amides is 1. The summed E-state index contributed by atoms with van der Waals surface area (Å²) in [6, 6.07) is 12.1. The minimum Gasteiger partial charge on any atom is -0.353 e. The molecule has 3 rings (SSSR count). The highest BCUT2D eigenvalue weighted by Gasteiger charge is 2.22. The second-order valence-corrected chi connectivity index (χ2v) is 6.71. The summed E-state index contributed by atoms with van der Waals surface area (Å²) in [6.07, 6.45) is 7.95. The summed E-state index contributed by atoms with van der Waals surface area (Å²) < 4.78 is 1.32. The Morgan fingerprint density at radius 3 is 2.50 bits per heavy atom. The predicted octanol–water partition coefficient (Wildman–Crippen LogP) is 1.98. The molecule has 138 valence electrons. The number of carbonyl (C=O) groups is 1. The van der Waals surface area contributed by atoms with Crippen LogP contribution in [0.2, 0.25) is 0 Å². The van der Waals surface area contributed by atoms with Crippen LogP contribution in [-0.2, 0) is 11.3 Å². The van der Waals surface area contributed by atoms with E-state index in [9.17, 15) is 9.59 Å². The molecule has 1 aliphatic heterocycles. The first-order valence-corrected chi connectivity index (χ1v) is 9.31. The smallest absolute Gasteiger partial charge is 0.347 e. The van der Waals surface area contributed by atoms with E-state index in [0.717, 1.165) is 13.1 Å². The third-order valence-electron chi connectivity index (χ3n) is 4.86. The van der Waals surface area contributed by atoms with Crippen LogP contribution in [0.5, 0.6) is 0 Å². The maximum Gasteiger partial charge on any atom is 0.347 e. The standard InChI is InChI=1S/C20H26N4O2/c25-19(16-24-14-8-11-21-20(24)26)22-15-18(17-9-4-3-5-10-17)23-12-6-1-2-7-13-23/h3-5,8-11,14,18H,1-2,6-7,12-13,15-16H2,(H,22,25). The van der Waals surface area contributed by atoms with E-state index in [1.807, 2.05) is 18.2 Å². The number of hydrogen-bond acceptors (Lipinski definition) is 4. The Kier molecular flexibility index (Phi) is 6.55. The van der Waals surface area contributed by atoms with E-state index in [0.29, 0.717) is 6.54 Å². The number of aromatic nitrogens is 2. The van der Waals surface area contributed by atoms with Gasteiger partial charge in [-0.05, 0) is 37.6 Å². The molecule has 0 aliphatic carbocycles. The Bertz CT molecular complexity index is 752. The molecule has 1 aliphatic rings. The summed E-state index contributed by atoms with van der Waals surface area (Å²) in [7, 11) is 0. The second kappa shape index (κ2) is 9.29. The zero-order chi connectivity index (χ0) is 18.2. The van der Waals surface area contributed by atoms with Gasteiger partial charge in [-0.25, -0.2) is 9.78 Å². The summed E-state index contributed by atoms with van der Waals surface area (Å²) in [4.78, 5) is 30.1. The Morgan fingerprint density at radius 2 is 1.81 bits per heavy atom. The van der Waals surface area contributed by atoms with Gasteiger partial charge in [-0.1, -0.05) is 43.2 Å². The van der Waals surface area contributed by atoms with Crippen molar-refractivity contribution in [3.8, 4) is 0 Å². The summed E-state index contributed by atoms with van der Waals surface area (Å²) >= 11 is 0. The first kappa shape index (κ1) is 18.3. The van der Waals surface area contributed by atoms with Gasteiger partial charge in [0.2, 0.25) is 5.91 Å². The average Bonchev–Trinajstić information content (AvgIpc) is 2.94. The van der Waals surface area contributed by atoms with Crippen LogP contribution in [0.4, 0.5) is 0 Å². The van der Waals surface area contributed by atoms with Crippen LogP contribution in [0.15, 0.2) is 53.6 Å². The number of carbonyl (C=O) groups excluding carboxylic acids is 1. The fraction of sp³-hybridized carbons (Fsp3) is 0.450. The fourth-order valence-corrected chi connectivity index (χ4v) is 3.47. The molecule has 6 heteroatoms. The molecule has 1 atom stereocenters. The Hall–Kier alpha value is -2.47. The molecule has 1 aromatic heterocycles. The number of benzene rings is 1. The van der Waals surface area contributed by atoms with E-state index in [1.165, 1.54) is 42.0 Å². The SMILES string of the molecule is O=C(Cn1cccnc1=O)NCC(c1ccccc1)N1CCCCCC1. The number of rotatable bonds is 6. The van der Waals surface area contributed by atoms with Crippen LogP contribution in [0.3, 0.4) is 0 Å². The quantitative estimate of drug-likeness (QED) is 0.861. The zero-order valence-electron chi connectivity index (χ0n) is 15.0. The van der Waals surface area contributed by atoms with Crippen molar-refractivity contribution in [2.75, 3.05) is 19.6 Å². The maximum absolute atomic E-state index is 12.3. The third kappa shape index (κ3) is 5.02. The maximum atomic E-state index is 12.3. The molecule has 1 saturated heterocycles. The molecule has 0 radical (unpaired) electrons. The van der Waals surface area contributed by atoms with Gasteiger partial charge in [-0.15, -0.1) is 0 Å². The lowest BCUT2D eigenvalue weighted by Gasteiger charge is -2.31. The molecule has 1 fully saturated rings. The minimum absolute atomic E-state index is 0.00577. The molecular weight excluding hydrogens is 328 g/mol. The molecule has 0 saturated carbocycles. The van der Waals surface area contributed by atoms with Crippen LogP contribution in [0, 0.1) is 0 Å². The molecule has 26 heavy (non-hydrogen) atoms. The van der Waals surface area contributed by atoms with E-state index in [2.05, 4.69) is 27.3 Å². The highest BCUT2D eigenvalue weighted by Crippen LogP contribution is 2.23. The Morgan fingerprint density at radius 1 is 1.08 bits per heavy atom. The number of nitrogens with zero attached hydrogens (tertiary/aromatic N) is 3. The Balaban J connectivity index is 1.66. The lowest BCUT2D eigenvalue weighted by molar-refractivity contribution is -0.122. The van der Waals surface area contributed by atoms with Gasteiger partial charge in [0.15, 0.2) is 0 Å². The molecule has 6 nitrogen and oxygen atoms in total. The van der Waals surface area contributed by atoms with Crippen molar-refractivity contribution in [1.29, 1.82) is 0 Å². The van der Waals surface area contributed by atoms with Crippen molar-refractivity contribution in [2.24, 2.45) is 0 Å². The monoisotopic (exact) mass is 354 g/mol. The Labute approximate surface area is 153 Å². The minimum atomic E-state index is -0.408. The molecule has 0 bridgehead atoms. The third-order valence-corrected chi connectivity index (χ3v) is 4.86. The summed E-state index contributed by atoms with van der Waals surface area (Å²) in [5, 5.41) is 3.01. The van der Waals surface area contributed by atoms with Crippen molar-refractivity contribution in [2.45, 2.75) is 38.3 Å². The highest BCUT2D eigenvalue weighted by atomic mass is 16.2. The molecule has 2 heterocycles. The number of likely N-dealkylation sites (tertiary alicyclic amines) is 1. The highest BCUT2D eigenvalue weighted by molar-refractivity contribution is 5.75. The fourth-order valence-electron chi connectivity index (χ4n) is 3.47. The van der Waals surface area contributed by atoms with Crippen LogP contribution in [-0.4, -0.2) is 40.0 Å². The predicted molar refractivity (Wildman–Crippen MR) is 101 cm³/mol. The normalized spacial score (nSPS) is 16.6. The lowest BCUT2D eigenvalue weighted by Crippen LogP contribution is -2.40. The van der Waals surface area contributed by atoms with E-state index in [4.69, 9.17) is 0 Å². The van der Waals surface area contributed by atoms with Crippen LogP contribution >= 0.6 is 0 Å². The van der Waals surface area contributed by atoms with Gasteiger partial charge in [-0.3, -0.25) is 14.3 Å². The van der Waals surface area contributed by atoms with E-state index in [1.54, 1.807) is 12.3 Å². The first-order valence-electron chi connectivity index (χ1n) is 9.31. The van der Waals surface area contributed by atoms with E-state index < -0.39 is 5.69 Å². The van der Waals surface area contributed by atoms with Crippen LogP contribution in [0.1, 0.15) is 37.3 Å². The largest absolute Gasteiger partial charge is 0.353 e. The van der Waals surface area contributed by atoms with Gasteiger partial charge in [-0.2, -0.15) is 0 Å². The van der Waals surface area contributed by atoms with Gasteiger partial charge in [0.25, 0.3) is 0 Å². The second-order valence-electron chi connectivity index (χ2n) is 6.71. The van der Waals surface area contributed by atoms with Crippen molar-refractivity contribution in [1.82, 2.24) is 19.8 Å². The van der Waals surface area contributed by atoms with E-state index in [-0.39, 0.29) is 18.5 Å². The first-order chi connectivity index (χ1) is 12.7. The van der Waals surface area contributed by atoms with Crippen molar-refractivity contribution < 1.29 is 4.79 Å². The molecule has 2 aromatic rings.